The number of amides is 2. The molecule has 4 aromatic carbocycles. The molecule has 0 saturated heterocycles. The summed E-state index contributed by atoms with van der Waals surface area (Å²) in [5.41, 5.74) is 19.8. The van der Waals surface area contributed by atoms with E-state index in [4.69, 9.17) is 21.0 Å². The zero-order valence-corrected chi connectivity index (χ0v) is 32.0. The third kappa shape index (κ3) is 9.39. The number of hydrogen-bond acceptors (Lipinski definition) is 9. The lowest BCUT2D eigenvalue weighted by Crippen LogP contribution is -2.53. The highest BCUT2D eigenvalue weighted by Gasteiger charge is 2.30. The number of rotatable bonds is 16. The molecule has 0 bridgehead atoms. The van der Waals surface area contributed by atoms with E-state index < -0.39 is 29.9 Å². The number of phenolic OH excluding ortho intramolecular Hbond substituents is 1. The fraction of sp³-hybridized carbons (Fsp3) is 0.250. The number of aromatic hydroxyl groups is 1. The largest absolute Gasteiger partial charge is 0.508 e. The average molecular weight is 766 g/mol. The molecule has 0 radical (unpaired) electrons. The van der Waals surface area contributed by atoms with Gasteiger partial charge in [-0.25, -0.2) is 4.98 Å². The highest BCUT2D eigenvalue weighted by atomic mass is 16.5. The van der Waals surface area contributed by atoms with Gasteiger partial charge in [0.25, 0.3) is 0 Å². The second-order valence-electron chi connectivity index (χ2n) is 14.5. The molecule has 0 saturated carbocycles. The van der Waals surface area contributed by atoms with Crippen molar-refractivity contribution in [2.24, 2.45) is 5.73 Å². The van der Waals surface area contributed by atoms with Gasteiger partial charge >= 0.3 is 0 Å². The Hall–Kier alpha value is -6.73. The van der Waals surface area contributed by atoms with Crippen LogP contribution < -0.4 is 22.1 Å². The van der Waals surface area contributed by atoms with Crippen molar-refractivity contribution >= 4 is 28.7 Å². The number of imidazole rings is 1. The highest BCUT2D eigenvalue weighted by Crippen LogP contribution is 2.27. The number of anilines is 1. The number of hydrogen-bond donors (Lipinski definition) is 6. The van der Waals surface area contributed by atoms with E-state index in [9.17, 15) is 14.7 Å². The first kappa shape index (κ1) is 38.5. The second kappa shape index (κ2) is 17.4. The summed E-state index contributed by atoms with van der Waals surface area (Å²) in [4.78, 5) is 40.2. The minimum Gasteiger partial charge on any atom is -0.508 e. The Bertz CT molecular complexity index is 2430. The number of H-pyrrole nitrogens is 1. The quantitative estimate of drug-likeness (QED) is 0.0698. The second-order valence-corrected chi connectivity index (χ2v) is 14.5. The molecule has 0 aliphatic rings. The predicted molar refractivity (Wildman–Crippen MR) is 219 cm³/mol. The zero-order valence-electron chi connectivity index (χ0n) is 32.0. The van der Waals surface area contributed by atoms with Crippen molar-refractivity contribution < 1.29 is 19.2 Å². The summed E-state index contributed by atoms with van der Waals surface area (Å²) < 4.78 is 7.66. The Morgan fingerprint density at radius 1 is 0.912 bits per heavy atom. The van der Waals surface area contributed by atoms with E-state index in [1.54, 1.807) is 29.1 Å². The lowest BCUT2D eigenvalue weighted by atomic mass is 9.95. The standard InChI is InChI=1S/C44H47N9O4/c1-27-21-33(54)22-28(2)35(27)25-38(49-41(55)36(45)12-8-19-53-20-18-47-44(53)46)42(56)50-39(24-32-26-48-37-13-7-6-11-34(32)37)43-51-40(52-57-43)23-29-14-16-31(17-15-29)30-9-4-3-5-10-30/h3-7,9-11,13-18,20-22,26,36,38-39,48,54H,8,12,19,23-25,45H2,1-2H3,(H2,46,47)(H,49,55)(H,50,56). The van der Waals surface area contributed by atoms with E-state index in [0.29, 0.717) is 44.0 Å². The summed E-state index contributed by atoms with van der Waals surface area (Å²) in [6.07, 6.45) is 7.14. The van der Waals surface area contributed by atoms with E-state index in [1.807, 2.05) is 74.6 Å². The van der Waals surface area contributed by atoms with Crippen LogP contribution in [0.2, 0.25) is 0 Å². The number of aromatic nitrogens is 5. The van der Waals surface area contributed by atoms with E-state index in [1.165, 1.54) is 0 Å². The number of carbonyl (C=O) groups excluding carboxylic acids is 2. The number of aromatic amines is 1. The first-order chi connectivity index (χ1) is 27.6. The molecular formula is C44H47N9O4. The van der Waals surface area contributed by atoms with Gasteiger partial charge < -0.3 is 41.3 Å². The predicted octanol–water partition coefficient (Wildman–Crippen LogP) is 5.85. The number of aryl methyl sites for hydroxylation is 3. The molecule has 3 heterocycles. The molecule has 7 rings (SSSR count). The number of para-hydroxylation sites is 1. The Kier molecular flexibility index (Phi) is 11.8. The lowest BCUT2D eigenvalue weighted by molar-refractivity contribution is -0.130. The molecule has 0 fully saturated rings. The number of nitrogen functional groups attached to an aromatic ring is 1. The fourth-order valence-electron chi connectivity index (χ4n) is 7.23. The van der Waals surface area contributed by atoms with E-state index in [-0.39, 0.29) is 18.1 Å². The molecule has 13 nitrogen and oxygen atoms in total. The van der Waals surface area contributed by atoms with Gasteiger partial charge in [-0.2, -0.15) is 4.98 Å². The minimum atomic E-state index is -1.02. The topological polar surface area (TPSA) is 203 Å². The number of phenols is 1. The highest BCUT2D eigenvalue weighted by molar-refractivity contribution is 5.90. The SMILES string of the molecule is Cc1cc(O)cc(C)c1CC(NC(=O)C(N)CCCn1ccnc1N)C(=O)NC(Cc1c[nH]c2ccccc12)c1nc(Cc2ccc(-c3ccccc3)cc2)no1. The maximum atomic E-state index is 14.5. The van der Waals surface area contributed by atoms with Crippen molar-refractivity contribution in [2.75, 3.05) is 5.73 Å². The van der Waals surface area contributed by atoms with Crippen LogP contribution in [0.3, 0.4) is 0 Å². The average Bonchev–Trinajstić information content (AvgIpc) is 3.96. The molecule has 0 aliphatic carbocycles. The van der Waals surface area contributed by atoms with Crippen LogP contribution in [0.4, 0.5) is 5.95 Å². The molecule has 13 heteroatoms. The maximum Gasteiger partial charge on any atom is 0.249 e. The van der Waals surface area contributed by atoms with Gasteiger partial charge in [-0.05, 0) is 83.8 Å². The summed E-state index contributed by atoms with van der Waals surface area (Å²) >= 11 is 0. The van der Waals surface area contributed by atoms with Crippen molar-refractivity contribution in [2.45, 2.75) is 70.6 Å². The first-order valence-corrected chi connectivity index (χ1v) is 19.0. The van der Waals surface area contributed by atoms with Crippen LogP contribution in [0.5, 0.6) is 5.75 Å². The van der Waals surface area contributed by atoms with Crippen LogP contribution in [-0.2, 0) is 35.4 Å². The molecule has 7 aromatic rings. The number of benzene rings is 4. The summed E-state index contributed by atoms with van der Waals surface area (Å²) in [6.45, 7) is 4.27. The fourth-order valence-corrected chi connectivity index (χ4v) is 7.23. The smallest absolute Gasteiger partial charge is 0.249 e. The van der Waals surface area contributed by atoms with Gasteiger partial charge in [0.05, 0.1) is 6.04 Å². The van der Waals surface area contributed by atoms with Crippen molar-refractivity contribution in [3.63, 3.8) is 0 Å². The zero-order chi connectivity index (χ0) is 39.9. The molecule has 3 aromatic heterocycles. The van der Waals surface area contributed by atoms with Gasteiger partial charge in [-0.3, -0.25) is 9.59 Å². The van der Waals surface area contributed by atoms with Gasteiger partial charge in [-0.15, -0.1) is 0 Å². The van der Waals surface area contributed by atoms with Crippen molar-refractivity contribution in [1.29, 1.82) is 0 Å². The summed E-state index contributed by atoms with van der Waals surface area (Å²) in [5.74, 6) is 0.306. The molecule has 0 spiro atoms. The number of nitrogens with two attached hydrogens (primary N) is 2. The van der Waals surface area contributed by atoms with Crippen LogP contribution in [-0.4, -0.2) is 53.7 Å². The van der Waals surface area contributed by atoms with Crippen molar-refractivity contribution in [3.8, 4) is 16.9 Å². The molecule has 2 amide bonds. The van der Waals surface area contributed by atoms with Crippen LogP contribution in [0.25, 0.3) is 22.0 Å². The monoisotopic (exact) mass is 765 g/mol. The normalized spacial score (nSPS) is 13.0. The molecule has 3 unspecified atom stereocenters. The minimum absolute atomic E-state index is 0.123. The third-order valence-corrected chi connectivity index (χ3v) is 10.3. The van der Waals surface area contributed by atoms with Gasteiger partial charge in [0.2, 0.25) is 17.7 Å². The molecule has 8 N–H and O–H groups in total. The van der Waals surface area contributed by atoms with Crippen LogP contribution in [0.1, 0.15) is 58.4 Å². The van der Waals surface area contributed by atoms with Crippen molar-refractivity contribution in [1.82, 2.24) is 35.3 Å². The Labute approximate surface area is 330 Å². The Morgan fingerprint density at radius 2 is 1.63 bits per heavy atom. The number of carbonyl (C=O) groups is 2. The molecular weight excluding hydrogens is 719 g/mol. The first-order valence-electron chi connectivity index (χ1n) is 19.0. The van der Waals surface area contributed by atoms with E-state index in [0.717, 1.165) is 49.8 Å². The van der Waals surface area contributed by atoms with Gasteiger partial charge in [0.15, 0.2) is 11.8 Å². The number of nitrogens with zero attached hydrogens (tertiary/aromatic N) is 4. The Balaban J connectivity index is 1.13. The van der Waals surface area contributed by atoms with Gasteiger partial charge in [0.1, 0.15) is 17.8 Å². The summed E-state index contributed by atoms with van der Waals surface area (Å²) in [6, 6.07) is 26.9. The van der Waals surface area contributed by atoms with E-state index >= 15 is 0 Å². The molecule has 292 valence electrons. The molecule has 0 aliphatic heterocycles. The van der Waals surface area contributed by atoms with Crippen molar-refractivity contribution in [3.05, 3.63) is 149 Å². The summed E-state index contributed by atoms with van der Waals surface area (Å²) in [7, 11) is 0. The van der Waals surface area contributed by atoms with Gasteiger partial charge in [0, 0.05) is 55.3 Å². The number of nitrogens with one attached hydrogen (secondary N) is 3. The number of fused-ring (bicyclic) bond motifs is 1. The van der Waals surface area contributed by atoms with Crippen LogP contribution in [0, 0.1) is 13.8 Å². The van der Waals surface area contributed by atoms with E-state index in [2.05, 4.69) is 50.0 Å². The molecule has 3 atom stereocenters. The molecule has 57 heavy (non-hydrogen) atoms. The summed E-state index contributed by atoms with van der Waals surface area (Å²) in [5, 5.41) is 21.6. The Morgan fingerprint density at radius 3 is 2.37 bits per heavy atom. The van der Waals surface area contributed by atoms with Crippen LogP contribution >= 0.6 is 0 Å². The maximum absolute atomic E-state index is 14.5. The third-order valence-electron chi connectivity index (χ3n) is 10.3. The lowest BCUT2D eigenvalue weighted by Gasteiger charge is -2.24. The van der Waals surface area contributed by atoms with Gasteiger partial charge in [-0.1, -0.05) is 78.0 Å². The van der Waals surface area contributed by atoms with Crippen LogP contribution in [0.15, 0.2) is 114 Å².